The second-order valence-corrected chi connectivity index (χ2v) is 3.98. The van der Waals surface area contributed by atoms with E-state index in [1.807, 2.05) is 0 Å². The van der Waals surface area contributed by atoms with Gasteiger partial charge in [-0.1, -0.05) is 28.1 Å². The quantitative estimate of drug-likeness (QED) is 0.802. The summed E-state index contributed by atoms with van der Waals surface area (Å²) in [7, 11) is 2.28. The maximum Gasteiger partial charge on any atom is 0.352 e. The van der Waals surface area contributed by atoms with Gasteiger partial charge in [0.2, 0.25) is 0 Å². The maximum atomic E-state index is 13.6. The van der Waals surface area contributed by atoms with Crippen molar-refractivity contribution in [3.05, 3.63) is 34.3 Å². The molecule has 1 aromatic carbocycles. The zero-order valence-electron chi connectivity index (χ0n) is 8.71. The summed E-state index contributed by atoms with van der Waals surface area (Å²) in [4.78, 5) is 15.8. The van der Waals surface area contributed by atoms with Crippen LogP contribution in [-0.2, 0) is 15.6 Å². The molecule has 6 heteroatoms. The number of nitrogens with zero attached hydrogens (tertiary/aromatic N) is 1. The number of carbonyl (C=O) groups excluding carboxylic acids is 1. The highest BCUT2D eigenvalue weighted by Gasteiger charge is 2.43. The molecular formula is C10H10BrF2NO2. The third-order valence-corrected chi connectivity index (χ3v) is 2.56. The van der Waals surface area contributed by atoms with Crippen LogP contribution in [0.3, 0.4) is 0 Å². The first-order chi connectivity index (χ1) is 7.39. The number of hydrogen-bond donors (Lipinski definition) is 0. The lowest BCUT2D eigenvalue weighted by molar-refractivity contribution is -0.195. The van der Waals surface area contributed by atoms with Gasteiger partial charge in [-0.3, -0.25) is 9.63 Å². The summed E-state index contributed by atoms with van der Waals surface area (Å²) in [6, 6.07) is 5.27. The highest BCUT2D eigenvalue weighted by atomic mass is 79.9. The van der Waals surface area contributed by atoms with Crippen molar-refractivity contribution in [3.8, 4) is 0 Å². The lowest BCUT2D eigenvalue weighted by Crippen LogP contribution is -2.38. The zero-order chi connectivity index (χ0) is 12.3. The van der Waals surface area contributed by atoms with Crippen molar-refractivity contribution in [3.63, 3.8) is 0 Å². The first-order valence-corrected chi connectivity index (χ1v) is 5.15. The third-order valence-electron chi connectivity index (χ3n) is 2.04. The van der Waals surface area contributed by atoms with Crippen LogP contribution >= 0.6 is 15.9 Å². The van der Waals surface area contributed by atoms with Crippen LogP contribution in [0.4, 0.5) is 8.78 Å². The zero-order valence-corrected chi connectivity index (χ0v) is 10.3. The molecule has 0 atom stereocenters. The highest BCUT2D eigenvalue weighted by Crippen LogP contribution is 2.30. The van der Waals surface area contributed by atoms with Crippen molar-refractivity contribution in [2.45, 2.75) is 5.92 Å². The van der Waals surface area contributed by atoms with Crippen LogP contribution in [0.15, 0.2) is 28.7 Å². The van der Waals surface area contributed by atoms with Crippen LogP contribution in [0.2, 0.25) is 0 Å². The van der Waals surface area contributed by atoms with E-state index in [-0.39, 0.29) is 5.56 Å². The predicted octanol–water partition coefficient (Wildman–Crippen LogP) is 2.56. The van der Waals surface area contributed by atoms with Crippen molar-refractivity contribution < 1.29 is 18.4 Å². The molecule has 0 fully saturated rings. The van der Waals surface area contributed by atoms with Gasteiger partial charge in [-0.05, 0) is 12.1 Å². The number of halogens is 3. The molecule has 0 aliphatic rings. The van der Waals surface area contributed by atoms with Crippen molar-refractivity contribution in [2.24, 2.45) is 0 Å². The van der Waals surface area contributed by atoms with Crippen LogP contribution in [0.1, 0.15) is 5.56 Å². The molecule has 0 aliphatic heterocycles. The van der Waals surface area contributed by atoms with Gasteiger partial charge in [0.25, 0.3) is 0 Å². The Morgan fingerprint density at radius 1 is 1.38 bits per heavy atom. The second-order valence-electron chi connectivity index (χ2n) is 3.07. The first-order valence-electron chi connectivity index (χ1n) is 4.35. The fourth-order valence-electron chi connectivity index (χ4n) is 1.06. The molecule has 3 nitrogen and oxygen atoms in total. The summed E-state index contributed by atoms with van der Waals surface area (Å²) in [6.45, 7) is 0. The minimum atomic E-state index is -3.59. The summed E-state index contributed by atoms with van der Waals surface area (Å²) in [5.41, 5.74) is -0.371. The molecule has 0 spiro atoms. The number of hydrogen-bond acceptors (Lipinski definition) is 2. The van der Waals surface area contributed by atoms with Gasteiger partial charge in [0.15, 0.2) is 0 Å². The Bertz CT molecular complexity index is 381. The number of hydroxylamine groups is 2. The lowest BCUT2D eigenvalue weighted by atomic mass is 10.1. The molecule has 0 radical (unpaired) electrons. The minimum Gasteiger partial charge on any atom is -0.274 e. The number of likely N-dealkylation sites (N-methyl/N-ethyl adjacent to an activating group) is 1. The van der Waals surface area contributed by atoms with E-state index in [0.29, 0.717) is 9.54 Å². The van der Waals surface area contributed by atoms with Gasteiger partial charge in [-0.2, -0.15) is 8.78 Å². The Kier molecular flexibility index (Phi) is 3.98. The van der Waals surface area contributed by atoms with Gasteiger partial charge in [0.1, 0.15) is 0 Å². The second kappa shape index (κ2) is 4.88. The smallest absolute Gasteiger partial charge is 0.274 e. The van der Waals surface area contributed by atoms with E-state index in [4.69, 9.17) is 0 Å². The average Bonchev–Trinajstić information content (AvgIpc) is 2.27. The van der Waals surface area contributed by atoms with Crippen LogP contribution in [0.5, 0.6) is 0 Å². The Hall–Kier alpha value is -1.01. The largest absolute Gasteiger partial charge is 0.352 e. The topological polar surface area (TPSA) is 29.5 Å². The van der Waals surface area contributed by atoms with Crippen LogP contribution in [0.25, 0.3) is 0 Å². The molecule has 0 aliphatic carbocycles. The SMILES string of the molecule is CON(C)C(=O)C(F)(F)c1ccc(Br)cc1. The predicted molar refractivity (Wildman–Crippen MR) is 57.8 cm³/mol. The van der Waals surface area contributed by atoms with Crippen molar-refractivity contribution in [2.75, 3.05) is 14.2 Å². The summed E-state index contributed by atoms with van der Waals surface area (Å²) < 4.78 is 27.9. The number of alkyl halides is 2. The van der Waals surface area contributed by atoms with E-state index >= 15 is 0 Å². The standard InChI is InChI=1S/C10H10BrF2NO2/c1-14(16-2)9(15)10(12,13)7-3-5-8(11)6-4-7/h3-6H,1-2H3. The van der Waals surface area contributed by atoms with Gasteiger partial charge in [-0.15, -0.1) is 0 Å². The third kappa shape index (κ3) is 2.56. The average molecular weight is 294 g/mol. The lowest BCUT2D eigenvalue weighted by Gasteiger charge is -2.21. The van der Waals surface area contributed by atoms with Gasteiger partial charge in [0.05, 0.1) is 7.11 Å². The Balaban J connectivity index is 3.01. The van der Waals surface area contributed by atoms with E-state index in [0.717, 1.165) is 14.2 Å². The summed E-state index contributed by atoms with van der Waals surface area (Å²) in [5, 5.41) is 0.502. The fraction of sp³-hybridized carbons (Fsp3) is 0.300. The van der Waals surface area contributed by atoms with Crippen molar-refractivity contribution in [1.29, 1.82) is 0 Å². The molecule has 0 unspecified atom stereocenters. The van der Waals surface area contributed by atoms with Gasteiger partial charge < -0.3 is 0 Å². The van der Waals surface area contributed by atoms with Crippen LogP contribution in [-0.4, -0.2) is 25.1 Å². The van der Waals surface area contributed by atoms with E-state index in [1.54, 1.807) is 0 Å². The Morgan fingerprint density at radius 2 is 1.88 bits per heavy atom. The number of benzene rings is 1. The molecule has 88 valence electrons. The van der Waals surface area contributed by atoms with Crippen LogP contribution in [0, 0.1) is 0 Å². The molecule has 0 bridgehead atoms. The van der Waals surface area contributed by atoms with E-state index in [1.165, 1.54) is 24.3 Å². The summed E-state index contributed by atoms with van der Waals surface area (Å²) in [6.07, 6.45) is 0. The molecule has 0 heterocycles. The molecule has 0 saturated carbocycles. The Morgan fingerprint density at radius 3 is 2.31 bits per heavy atom. The van der Waals surface area contributed by atoms with Crippen molar-refractivity contribution >= 4 is 21.8 Å². The number of rotatable bonds is 3. The summed E-state index contributed by atoms with van der Waals surface area (Å²) in [5.74, 6) is -5.00. The molecule has 16 heavy (non-hydrogen) atoms. The summed E-state index contributed by atoms with van der Waals surface area (Å²) >= 11 is 3.13. The fourth-order valence-corrected chi connectivity index (χ4v) is 1.33. The first kappa shape index (κ1) is 13.1. The molecular weight excluding hydrogens is 284 g/mol. The normalized spacial score (nSPS) is 11.3. The van der Waals surface area contributed by atoms with Crippen molar-refractivity contribution in [1.82, 2.24) is 5.06 Å². The highest BCUT2D eigenvalue weighted by molar-refractivity contribution is 9.10. The van der Waals surface area contributed by atoms with Gasteiger partial charge >= 0.3 is 11.8 Å². The minimum absolute atomic E-state index is 0.371. The molecule has 0 aromatic heterocycles. The number of amides is 1. The maximum absolute atomic E-state index is 13.6. The Labute approximate surface area is 100 Å². The van der Waals surface area contributed by atoms with Gasteiger partial charge in [0, 0.05) is 17.1 Å². The van der Waals surface area contributed by atoms with E-state index < -0.39 is 11.8 Å². The molecule has 1 aromatic rings. The number of carbonyl (C=O) groups is 1. The van der Waals surface area contributed by atoms with E-state index in [9.17, 15) is 13.6 Å². The molecule has 0 N–H and O–H groups in total. The molecule has 1 amide bonds. The van der Waals surface area contributed by atoms with Gasteiger partial charge in [-0.25, -0.2) is 5.06 Å². The van der Waals surface area contributed by atoms with E-state index in [2.05, 4.69) is 20.8 Å². The monoisotopic (exact) mass is 293 g/mol. The molecule has 1 rings (SSSR count). The molecule has 0 saturated heterocycles. The van der Waals surface area contributed by atoms with Crippen LogP contribution < -0.4 is 0 Å².